The van der Waals surface area contributed by atoms with Gasteiger partial charge in [-0.2, -0.15) is 0 Å². The molecule has 1 amide bonds. The highest BCUT2D eigenvalue weighted by Crippen LogP contribution is 2.09. The quantitative estimate of drug-likeness (QED) is 0.730. The third kappa shape index (κ3) is 5.96. The van der Waals surface area contributed by atoms with Crippen LogP contribution in [0.3, 0.4) is 0 Å². The number of hydrogen-bond donors (Lipinski definition) is 2. The van der Waals surface area contributed by atoms with Crippen molar-refractivity contribution in [1.29, 1.82) is 0 Å². The highest BCUT2D eigenvalue weighted by molar-refractivity contribution is 5.94. The SMILES string of the molecule is CN(C)CCCNc1cncc(C(=O)NCc2ccc(F)cc2)c1. The van der Waals surface area contributed by atoms with Crippen LogP contribution in [-0.2, 0) is 6.54 Å². The number of halogens is 1. The Hall–Kier alpha value is -2.47. The second-order valence-electron chi connectivity index (χ2n) is 5.86. The zero-order valence-corrected chi connectivity index (χ0v) is 14.1. The molecule has 0 fully saturated rings. The summed E-state index contributed by atoms with van der Waals surface area (Å²) >= 11 is 0. The fraction of sp³-hybridized carbons (Fsp3) is 0.333. The zero-order valence-electron chi connectivity index (χ0n) is 14.1. The van der Waals surface area contributed by atoms with E-state index >= 15 is 0 Å². The average Bonchev–Trinajstić information content (AvgIpc) is 2.58. The highest BCUT2D eigenvalue weighted by atomic mass is 19.1. The third-order valence-corrected chi connectivity index (χ3v) is 3.48. The van der Waals surface area contributed by atoms with E-state index in [0.29, 0.717) is 12.1 Å². The van der Waals surface area contributed by atoms with Crippen molar-refractivity contribution in [3.05, 3.63) is 59.7 Å². The molecule has 0 aliphatic heterocycles. The number of carbonyl (C=O) groups is 1. The molecule has 0 spiro atoms. The lowest BCUT2D eigenvalue weighted by Gasteiger charge is -2.11. The number of amides is 1. The fourth-order valence-electron chi connectivity index (χ4n) is 2.18. The van der Waals surface area contributed by atoms with E-state index in [4.69, 9.17) is 0 Å². The largest absolute Gasteiger partial charge is 0.384 e. The van der Waals surface area contributed by atoms with Crippen molar-refractivity contribution < 1.29 is 9.18 Å². The van der Waals surface area contributed by atoms with Crippen LogP contribution in [-0.4, -0.2) is 43.0 Å². The monoisotopic (exact) mass is 330 g/mol. The summed E-state index contributed by atoms with van der Waals surface area (Å²) in [4.78, 5) is 18.4. The number of rotatable bonds is 8. The van der Waals surface area contributed by atoms with Crippen LogP contribution in [0.4, 0.5) is 10.1 Å². The Morgan fingerprint density at radius 3 is 2.67 bits per heavy atom. The maximum Gasteiger partial charge on any atom is 0.253 e. The van der Waals surface area contributed by atoms with Crippen molar-refractivity contribution >= 4 is 11.6 Å². The molecule has 128 valence electrons. The van der Waals surface area contributed by atoms with Gasteiger partial charge in [-0.1, -0.05) is 12.1 Å². The van der Waals surface area contributed by atoms with E-state index in [-0.39, 0.29) is 11.7 Å². The van der Waals surface area contributed by atoms with Gasteiger partial charge in [-0.3, -0.25) is 9.78 Å². The predicted octanol–water partition coefficient (Wildman–Crippen LogP) is 2.51. The summed E-state index contributed by atoms with van der Waals surface area (Å²) in [6.07, 6.45) is 4.24. The van der Waals surface area contributed by atoms with Crippen molar-refractivity contribution in [2.24, 2.45) is 0 Å². The van der Waals surface area contributed by atoms with E-state index in [1.54, 1.807) is 24.4 Å². The fourth-order valence-corrected chi connectivity index (χ4v) is 2.18. The van der Waals surface area contributed by atoms with Gasteiger partial charge in [0.25, 0.3) is 5.91 Å². The van der Waals surface area contributed by atoms with Crippen molar-refractivity contribution in [2.45, 2.75) is 13.0 Å². The first-order valence-electron chi connectivity index (χ1n) is 7.91. The number of nitrogens with one attached hydrogen (secondary N) is 2. The summed E-state index contributed by atoms with van der Waals surface area (Å²) in [6, 6.07) is 7.83. The Morgan fingerprint density at radius 2 is 1.96 bits per heavy atom. The Bertz CT molecular complexity index is 658. The average molecular weight is 330 g/mol. The van der Waals surface area contributed by atoms with E-state index < -0.39 is 0 Å². The highest BCUT2D eigenvalue weighted by Gasteiger charge is 2.07. The number of hydrogen-bond acceptors (Lipinski definition) is 4. The summed E-state index contributed by atoms with van der Waals surface area (Å²) in [7, 11) is 4.07. The van der Waals surface area contributed by atoms with Gasteiger partial charge in [0.15, 0.2) is 0 Å². The Kier molecular flexibility index (Phi) is 6.69. The molecule has 0 saturated heterocycles. The van der Waals surface area contributed by atoms with Crippen molar-refractivity contribution in [2.75, 3.05) is 32.5 Å². The van der Waals surface area contributed by atoms with E-state index in [2.05, 4.69) is 20.5 Å². The van der Waals surface area contributed by atoms with Crippen LogP contribution in [0.2, 0.25) is 0 Å². The van der Waals surface area contributed by atoms with Crippen LogP contribution >= 0.6 is 0 Å². The van der Waals surface area contributed by atoms with E-state index in [9.17, 15) is 9.18 Å². The summed E-state index contributed by atoms with van der Waals surface area (Å²) in [5, 5.41) is 6.07. The first kappa shape index (κ1) is 17.9. The molecule has 0 unspecified atom stereocenters. The maximum atomic E-state index is 12.9. The smallest absolute Gasteiger partial charge is 0.253 e. The third-order valence-electron chi connectivity index (χ3n) is 3.48. The molecule has 2 aromatic rings. The van der Waals surface area contributed by atoms with Gasteiger partial charge >= 0.3 is 0 Å². The molecule has 1 heterocycles. The summed E-state index contributed by atoms with van der Waals surface area (Å²) in [6.45, 7) is 2.17. The molecule has 0 aliphatic rings. The summed E-state index contributed by atoms with van der Waals surface area (Å²) < 4.78 is 12.9. The first-order valence-corrected chi connectivity index (χ1v) is 7.91. The molecule has 1 aromatic carbocycles. The van der Waals surface area contributed by atoms with Crippen LogP contribution in [0.15, 0.2) is 42.7 Å². The van der Waals surface area contributed by atoms with Gasteiger partial charge in [-0.15, -0.1) is 0 Å². The lowest BCUT2D eigenvalue weighted by Crippen LogP contribution is -2.23. The molecule has 0 saturated carbocycles. The van der Waals surface area contributed by atoms with Gasteiger partial charge < -0.3 is 15.5 Å². The zero-order chi connectivity index (χ0) is 17.4. The van der Waals surface area contributed by atoms with Crippen molar-refractivity contribution in [3.8, 4) is 0 Å². The molecule has 5 nitrogen and oxygen atoms in total. The molecule has 1 aromatic heterocycles. The molecular weight excluding hydrogens is 307 g/mol. The molecule has 24 heavy (non-hydrogen) atoms. The molecule has 6 heteroatoms. The molecule has 2 N–H and O–H groups in total. The molecule has 2 rings (SSSR count). The maximum absolute atomic E-state index is 12.9. The van der Waals surface area contributed by atoms with Crippen molar-refractivity contribution in [1.82, 2.24) is 15.2 Å². The molecule has 0 aliphatic carbocycles. The Balaban J connectivity index is 1.85. The lowest BCUT2D eigenvalue weighted by molar-refractivity contribution is 0.0950. The first-order chi connectivity index (χ1) is 11.5. The second kappa shape index (κ2) is 8.98. The standard InChI is InChI=1S/C18H23FN4O/c1-23(2)9-3-8-21-17-10-15(12-20-13-17)18(24)22-11-14-4-6-16(19)7-5-14/h4-7,10,12-13,21H,3,8-9,11H2,1-2H3,(H,22,24). The van der Waals surface area contributed by atoms with Crippen LogP contribution in [0, 0.1) is 5.82 Å². The summed E-state index contributed by atoms with van der Waals surface area (Å²) in [5.41, 5.74) is 2.16. The number of aromatic nitrogens is 1. The van der Waals surface area contributed by atoms with Gasteiger partial charge in [-0.05, 0) is 50.8 Å². The molecule has 0 atom stereocenters. The van der Waals surface area contributed by atoms with Crippen molar-refractivity contribution in [3.63, 3.8) is 0 Å². The molecule has 0 radical (unpaired) electrons. The minimum Gasteiger partial charge on any atom is -0.384 e. The summed E-state index contributed by atoms with van der Waals surface area (Å²) in [5.74, 6) is -0.494. The van der Waals surface area contributed by atoms with Gasteiger partial charge in [0.1, 0.15) is 5.82 Å². The van der Waals surface area contributed by atoms with Crippen LogP contribution in [0.1, 0.15) is 22.3 Å². The van der Waals surface area contributed by atoms with E-state index in [1.165, 1.54) is 18.3 Å². The predicted molar refractivity (Wildman–Crippen MR) is 93.5 cm³/mol. The van der Waals surface area contributed by atoms with Crippen LogP contribution in [0.5, 0.6) is 0 Å². The van der Waals surface area contributed by atoms with Gasteiger partial charge in [0, 0.05) is 25.5 Å². The minimum atomic E-state index is -0.290. The lowest BCUT2D eigenvalue weighted by atomic mass is 10.2. The second-order valence-corrected chi connectivity index (χ2v) is 5.86. The number of carbonyl (C=O) groups excluding carboxylic acids is 1. The Labute approximate surface area is 141 Å². The van der Waals surface area contributed by atoms with Crippen LogP contribution < -0.4 is 10.6 Å². The van der Waals surface area contributed by atoms with Gasteiger partial charge in [-0.25, -0.2) is 4.39 Å². The number of anilines is 1. The molecular formula is C18H23FN4O. The van der Waals surface area contributed by atoms with E-state index in [0.717, 1.165) is 30.8 Å². The van der Waals surface area contributed by atoms with Gasteiger partial charge in [0.05, 0.1) is 11.3 Å². The Morgan fingerprint density at radius 1 is 1.21 bits per heavy atom. The topological polar surface area (TPSA) is 57.3 Å². The molecule has 0 bridgehead atoms. The minimum absolute atomic E-state index is 0.205. The van der Waals surface area contributed by atoms with Crippen LogP contribution in [0.25, 0.3) is 0 Å². The van der Waals surface area contributed by atoms with E-state index in [1.807, 2.05) is 14.1 Å². The normalized spacial score (nSPS) is 10.7. The number of pyridine rings is 1. The number of nitrogens with zero attached hydrogens (tertiary/aromatic N) is 2. The van der Waals surface area contributed by atoms with Gasteiger partial charge in [0.2, 0.25) is 0 Å². The number of benzene rings is 1.